The maximum absolute atomic E-state index is 13.5. The van der Waals surface area contributed by atoms with E-state index in [4.69, 9.17) is 0 Å². The molecule has 0 radical (unpaired) electrons. The van der Waals surface area contributed by atoms with Gasteiger partial charge in [-0.25, -0.2) is 13.2 Å². The van der Waals surface area contributed by atoms with Crippen LogP contribution in [0.4, 0.5) is 43.4 Å². The van der Waals surface area contributed by atoms with E-state index in [1.54, 1.807) is 75.0 Å². The van der Waals surface area contributed by atoms with E-state index in [-0.39, 0.29) is 58.2 Å². The first-order valence-corrected chi connectivity index (χ1v) is 28.9. The molecular formula is C64H71F6N9O9. The molecule has 3 aliphatic rings. The van der Waals surface area contributed by atoms with Crippen LogP contribution >= 0.6 is 0 Å². The lowest BCUT2D eigenvalue weighted by atomic mass is 10.0. The summed E-state index contributed by atoms with van der Waals surface area (Å²) < 4.78 is 84.7. The van der Waals surface area contributed by atoms with Crippen LogP contribution in [0.3, 0.4) is 0 Å². The molecule has 0 aliphatic carbocycles. The summed E-state index contributed by atoms with van der Waals surface area (Å²) >= 11 is 0. The van der Waals surface area contributed by atoms with E-state index in [0.29, 0.717) is 95.9 Å². The summed E-state index contributed by atoms with van der Waals surface area (Å²) in [5.74, 6) is -7.62. The van der Waals surface area contributed by atoms with Gasteiger partial charge in [-0.3, -0.25) is 43.2 Å². The van der Waals surface area contributed by atoms with Crippen molar-refractivity contribution in [2.75, 3.05) is 16.0 Å². The number of nitrogens with one attached hydrogen (secondary N) is 6. The van der Waals surface area contributed by atoms with Crippen LogP contribution < -0.4 is 31.9 Å². The average molecular weight is 1220 g/mol. The first kappa shape index (κ1) is 66.4. The fourth-order valence-electron chi connectivity index (χ4n) is 10.4. The maximum atomic E-state index is 13.5. The molecule has 6 amide bonds. The van der Waals surface area contributed by atoms with E-state index in [9.17, 15) is 69.5 Å². The Morgan fingerprint density at radius 3 is 0.977 bits per heavy atom. The number of amides is 6. The van der Waals surface area contributed by atoms with Crippen LogP contribution in [-0.2, 0) is 53.3 Å². The number of ketones is 3. The highest BCUT2D eigenvalue weighted by molar-refractivity contribution is 6.44. The fourth-order valence-corrected chi connectivity index (χ4v) is 10.4. The Kier molecular flexibility index (Phi) is 20.9. The standard InChI is InChI=1S/C22H23F4N3O3.2C21H24FN3O3/c1-12-10-13(7-8-15(12)23)27-19(31)14-11-17(29-9-5-4-6-16(14)29)18(30)20(32)28-21(2,3)22(24,25)26;2*1-12(2)23-21(28)19(26)18-11-15(17-6-4-5-9-25(17)18)20(27)24-14-7-8-16(22)13(3)10-14/h7-8,10-11H,4-6,9H2,1-3H3,(H,27,31)(H,28,32);2*7-8,10-12H,4-6,9H2,1-3H3,(H,23,28)(H,24,27). The predicted octanol–water partition coefficient (Wildman–Crippen LogP) is 10.6. The van der Waals surface area contributed by atoms with Gasteiger partial charge in [0.2, 0.25) is 0 Å². The van der Waals surface area contributed by atoms with Crippen molar-refractivity contribution in [2.45, 2.75) is 164 Å². The van der Waals surface area contributed by atoms with Gasteiger partial charge in [0.05, 0.1) is 33.8 Å². The molecule has 88 heavy (non-hydrogen) atoms. The van der Waals surface area contributed by atoms with Gasteiger partial charge in [0.25, 0.3) is 52.8 Å². The van der Waals surface area contributed by atoms with Crippen molar-refractivity contribution in [1.29, 1.82) is 0 Å². The number of hydrogen-bond acceptors (Lipinski definition) is 9. The maximum Gasteiger partial charge on any atom is 0.410 e. The molecule has 3 aromatic heterocycles. The number of halogens is 6. The molecular weight excluding hydrogens is 1150 g/mol. The SMILES string of the molecule is Cc1cc(NC(=O)c2cc(C(=O)C(=O)NC(C)(C)C(F)(F)F)n3c2CCCC3)ccc1F.Cc1cc(NC(=O)c2cc(C(=O)C(=O)NC(C)C)n3c2CCCC3)ccc1F.Cc1cc(NC(=O)c2cc(C(=O)C(=O)NC(C)C)n3c2CCCC3)ccc1F. The van der Waals surface area contributed by atoms with E-state index < -0.39 is 58.5 Å². The zero-order valence-corrected chi connectivity index (χ0v) is 50.4. The molecule has 6 aromatic rings. The van der Waals surface area contributed by atoms with Gasteiger partial charge in [-0.15, -0.1) is 0 Å². The molecule has 0 saturated carbocycles. The van der Waals surface area contributed by atoms with Crippen molar-refractivity contribution in [3.05, 3.63) is 158 Å². The van der Waals surface area contributed by atoms with Crippen molar-refractivity contribution in [3.8, 4) is 0 Å². The largest absolute Gasteiger partial charge is 0.410 e. The molecule has 0 saturated heterocycles. The molecule has 0 atom stereocenters. The third-order valence-electron chi connectivity index (χ3n) is 15.0. The highest BCUT2D eigenvalue weighted by Gasteiger charge is 2.49. The zero-order chi connectivity index (χ0) is 64.7. The lowest BCUT2D eigenvalue weighted by Gasteiger charge is -2.28. The lowest BCUT2D eigenvalue weighted by molar-refractivity contribution is -0.187. The van der Waals surface area contributed by atoms with Crippen molar-refractivity contribution in [3.63, 3.8) is 0 Å². The van der Waals surface area contributed by atoms with Crippen molar-refractivity contribution in [2.24, 2.45) is 0 Å². The zero-order valence-electron chi connectivity index (χ0n) is 50.4. The number of carbonyl (C=O) groups is 9. The van der Waals surface area contributed by atoms with Crippen LogP contribution in [0, 0.1) is 38.2 Å². The van der Waals surface area contributed by atoms with Gasteiger partial charge in [-0.2, -0.15) is 13.2 Å². The lowest BCUT2D eigenvalue weighted by Crippen LogP contribution is -2.56. The van der Waals surface area contributed by atoms with Crippen LogP contribution in [0.5, 0.6) is 0 Å². The second-order valence-electron chi connectivity index (χ2n) is 23.1. The number of nitrogens with zero attached hydrogens (tertiary/aromatic N) is 3. The van der Waals surface area contributed by atoms with Gasteiger partial charge in [-0.05, 0) is 210 Å². The van der Waals surface area contributed by atoms with Crippen molar-refractivity contribution in [1.82, 2.24) is 29.7 Å². The molecule has 0 fully saturated rings. The second-order valence-corrected chi connectivity index (χ2v) is 23.1. The highest BCUT2D eigenvalue weighted by Crippen LogP contribution is 2.32. The summed E-state index contributed by atoms with van der Waals surface area (Å²) in [6, 6.07) is 16.6. The van der Waals surface area contributed by atoms with E-state index >= 15 is 0 Å². The molecule has 0 spiro atoms. The molecule has 0 bridgehead atoms. The minimum atomic E-state index is -4.75. The second kappa shape index (κ2) is 27.7. The first-order chi connectivity index (χ1) is 41.4. The van der Waals surface area contributed by atoms with Crippen LogP contribution in [0.15, 0.2) is 72.8 Å². The summed E-state index contributed by atoms with van der Waals surface area (Å²) in [5, 5.41) is 15.1. The number of aromatic nitrogens is 3. The Balaban J connectivity index is 0.000000189. The first-order valence-electron chi connectivity index (χ1n) is 28.9. The van der Waals surface area contributed by atoms with E-state index in [1.807, 2.05) is 0 Å². The number of rotatable bonds is 15. The average Bonchev–Trinajstić information content (AvgIpc) is 2.19. The molecule has 3 aromatic carbocycles. The smallest absolute Gasteiger partial charge is 0.347 e. The Bertz CT molecular complexity index is 3590. The van der Waals surface area contributed by atoms with Gasteiger partial charge in [0.15, 0.2) is 0 Å². The quantitative estimate of drug-likeness (QED) is 0.0325. The summed E-state index contributed by atoms with van der Waals surface area (Å²) in [6.45, 7) is 15.0. The topological polar surface area (TPSA) is 241 Å². The Morgan fingerprint density at radius 2 is 0.716 bits per heavy atom. The third kappa shape index (κ3) is 15.5. The van der Waals surface area contributed by atoms with Crippen LogP contribution in [-0.4, -0.2) is 90.3 Å². The number of Topliss-reactive ketones (excluding diaryl/α,β-unsaturated/α-hetero) is 3. The summed E-state index contributed by atoms with van der Waals surface area (Å²) in [4.78, 5) is 113. The molecule has 24 heteroatoms. The van der Waals surface area contributed by atoms with Gasteiger partial charge in [0, 0.05) is 65.9 Å². The number of anilines is 3. The molecule has 18 nitrogen and oxygen atoms in total. The summed E-state index contributed by atoms with van der Waals surface area (Å²) in [7, 11) is 0. The molecule has 468 valence electrons. The van der Waals surface area contributed by atoms with E-state index in [2.05, 4.69) is 26.6 Å². The van der Waals surface area contributed by atoms with Crippen LogP contribution in [0.1, 0.15) is 176 Å². The third-order valence-corrected chi connectivity index (χ3v) is 15.0. The van der Waals surface area contributed by atoms with Gasteiger partial charge in [0.1, 0.15) is 23.0 Å². The number of fused-ring (bicyclic) bond motifs is 3. The van der Waals surface area contributed by atoms with E-state index in [0.717, 1.165) is 57.3 Å². The molecule has 9 rings (SSSR count). The molecule has 3 aliphatic heterocycles. The molecule has 6 N–H and O–H groups in total. The van der Waals surface area contributed by atoms with Crippen LogP contribution in [0.25, 0.3) is 0 Å². The highest BCUT2D eigenvalue weighted by atomic mass is 19.4. The molecule has 0 unspecified atom stereocenters. The summed E-state index contributed by atoms with van der Waals surface area (Å²) in [6.07, 6.45) is 2.05. The number of aryl methyl sites for hydroxylation is 3. The predicted molar refractivity (Wildman–Crippen MR) is 317 cm³/mol. The number of benzene rings is 3. The monoisotopic (exact) mass is 1220 g/mol. The van der Waals surface area contributed by atoms with Crippen LogP contribution in [0.2, 0.25) is 0 Å². The Labute approximate surface area is 504 Å². The summed E-state index contributed by atoms with van der Waals surface area (Å²) in [5.41, 5.74) is 3.15. The fraction of sp³-hybridized carbons (Fsp3) is 0.391. The minimum absolute atomic E-state index is 0.143. The number of carbonyl (C=O) groups excluding carboxylic acids is 9. The normalized spacial score (nSPS) is 13.5. The Hall–Kier alpha value is -9.09. The van der Waals surface area contributed by atoms with Crippen molar-refractivity contribution < 1.29 is 69.5 Å². The minimum Gasteiger partial charge on any atom is -0.347 e. The Morgan fingerprint density at radius 1 is 0.432 bits per heavy atom. The van der Waals surface area contributed by atoms with Gasteiger partial charge < -0.3 is 45.6 Å². The van der Waals surface area contributed by atoms with Crippen molar-refractivity contribution >= 4 is 69.9 Å². The number of alkyl halides is 3. The molecule has 6 heterocycles. The number of hydrogen-bond donors (Lipinski definition) is 6. The van der Waals surface area contributed by atoms with E-state index in [1.165, 1.54) is 65.2 Å². The van der Waals surface area contributed by atoms with Gasteiger partial charge >= 0.3 is 6.18 Å². The van der Waals surface area contributed by atoms with Gasteiger partial charge in [-0.1, -0.05) is 0 Å².